The number of carbonyl (C=O) groups is 1. The molecule has 0 saturated heterocycles. The normalized spacial score (nSPS) is 11.6. The number of carbonyl (C=O) groups excluding carboxylic acids is 1. The summed E-state index contributed by atoms with van der Waals surface area (Å²) < 4.78 is 23.0. The van der Waals surface area contributed by atoms with Crippen molar-refractivity contribution in [3.05, 3.63) is 65.2 Å². The fourth-order valence-electron chi connectivity index (χ4n) is 2.17. The van der Waals surface area contributed by atoms with Crippen LogP contribution in [-0.4, -0.2) is 20.6 Å². The molecule has 5 heteroatoms. The monoisotopic (exact) mass is 329 g/mol. The lowest BCUT2D eigenvalue weighted by atomic mass is 10.1. The first-order chi connectivity index (χ1) is 10.8. The van der Waals surface area contributed by atoms with Gasteiger partial charge in [-0.25, -0.2) is 8.42 Å². The second-order valence-corrected chi connectivity index (χ2v) is 7.50. The van der Waals surface area contributed by atoms with Crippen LogP contribution in [0.3, 0.4) is 0 Å². The van der Waals surface area contributed by atoms with E-state index in [9.17, 15) is 13.2 Å². The number of aryl methyl sites for hydroxylation is 2. The third-order valence-electron chi connectivity index (χ3n) is 3.37. The van der Waals surface area contributed by atoms with Crippen molar-refractivity contribution in [3.63, 3.8) is 0 Å². The predicted molar refractivity (Wildman–Crippen MR) is 93.1 cm³/mol. The van der Waals surface area contributed by atoms with Crippen molar-refractivity contribution in [3.8, 4) is 0 Å². The molecule has 2 aromatic carbocycles. The Bertz CT molecular complexity index is 868. The molecule has 1 amide bonds. The molecule has 0 aliphatic heterocycles. The molecule has 0 bridgehead atoms. The van der Waals surface area contributed by atoms with Crippen molar-refractivity contribution in [1.82, 2.24) is 0 Å². The lowest BCUT2D eigenvalue weighted by molar-refractivity contribution is -0.111. The minimum atomic E-state index is -3.30. The summed E-state index contributed by atoms with van der Waals surface area (Å²) in [5.41, 5.74) is 3.67. The molecule has 0 unspecified atom stereocenters. The second kappa shape index (κ2) is 6.79. The van der Waals surface area contributed by atoms with E-state index in [0.717, 1.165) is 17.4 Å². The van der Waals surface area contributed by atoms with Crippen molar-refractivity contribution < 1.29 is 13.2 Å². The Hall–Kier alpha value is -2.40. The highest BCUT2D eigenvalue weighted by Gasteiger charge is 2.08. The molecular formula is C18H19NO3S. The van der Waals surface area contributed by atoms with Gasteiger partial charge in [0.15, 0.2) is 9.84 Å². The number of nitrogens with one attached hydrogen (secondary N) is 1. The molecule has 0 atom stereocenters. The predicted octanol–water partition coefficient (Wildman–Crippen LogP) is 3.36. The van der Waals surface area contributed by atoms with Crippen molar-refractivity contribution >= 4 is 27.5 Å². The molecule has 0 spiro atoms. The number of benzene rings is 2. The van der Waals surface area contributed by atoms with Gasteiger partial charge < -0.3 is 5.32 Å². The largest absolute Gasteiger partial charge is 0.322 e. The van der Waals surface area contributed by atoms with Crippen LogP contribution in [0, 0.1) is 13.8 Å². The van der Waals surface area contributed by atoms with Gasteiger partial charge in [-0.3, -0.25) is 4.79 Å². The second-order valence-electron chi connectivity index (χ2n) is 5.48. The Morgan fingerprint density at radius 1 is 1.09 bits per heavy atom. The van der Waals surface area contributed by atoms with E-state index in [0.29, 0.717) is 5.69 Å². The Morgan fingerprint density at radius 3 is 2.48 bits per heavy atom. The molecule has 0 aliphatic carbocycles. The molecule has 1 N–H and O–H groups in total. The maximum atomic E-state index is 12.0. The molecule has 2 rings (SSSR count). The Labute approximate surface area is 136 Å². The zero-order valence-corrected chi connectivity index (χ0v) is 14.1. The minimum Gasteiger partial charge on any atom is -0.322 e. The van der Waals surface area contributed by atoms with Gasteiger partial charge in [-0.1, -0.05) is 29.8 Å². The molecule has 4 nitrogen and oxygen atoms in total. The highest BCUT2D eigenvalue weighted by Crippen LogP contribution is 2.16. The molecule has 0 aromatic heterocycles. The van der Waals surface area contributed by atoms with Gasteiger partial charge in [-0.05, 0) is 49.2 Å². The molecule has 120 valence electrons. The molecule has 0 fully saturated rings. The van der Waals surface area contributed by atoms with Crippen LogP contribution in [0.2, 0.25) is 0 Å². The fourth-order valence-corrected chi connectivity index (χ4v) is 2.83. The third kappa shape index (κ3) is 4.79. The van der Waals surface area contributed by atoms with E-state index in [4.69, 9.17) is 0 Å². The van der Waals surface area contributed by atoms with Gasteiger partial charge in [0.25, 0.3) is 0 Å². The van der Waals surface area contributed by atoms with Gasteiger partial charge in [0.2, 0.25) is 5.91 Å². The lowest BCUT2D eigenvalue weighted by Crippen LogP contribution is -2.08. The highest BCUT2D eigenvalue weighted by molar-refractivity contribution is 7.90. The van der Waals surface area contributed by atoms with Crippen LogP contribution >= 0.6 is 0 Å². The first-order valence-corrected chi connectivity index (χ1v) is 9.01. The summed E-state index contributed by atoms with van der Waals surface area (Å²) in [4.78, 5) is 12.2. The first kappa shape index (κ1) is 17.0. The Balaban J connectivity index is 2.12. The van der Waals surface area contributed by atoms with Crippen molar-refractivity contribution in [2.24, 2.45) is 0 Å². The average Bonchev–Trinajstić information content (AvgIpc) is 2.45. The van der Waals surface area contributed by atoms with Gasteiger partial charge in [0.1, 0.15) is 0 Å². The zero-order chi connectivity index (χ0) is 17.0. The van der Waals surface area contributed by atoms with Crippen LogP contribution in [0.5, 0.6) is 0 Å². The number of rotatable bonds is 4. The standard InChI is InChI=1S/C18H19NO3S/c1-13-7-8-15(14(2)11-13)9-10-18(20)19-16-5-4-6-17(12-16)23(3,21)22/h4-12H,1-3H3,(H,19,20). The van der Waals surface area contributed by atoms with E-state index in [2.05, 4.69) is 5.32 Å². The van der Waals surface area contributed by atoms with E-state index in [-0.39, 0.29) is 10.8 Å². The molecule has 0 saturated carbocycles. The van der Waals surface area contributed by atoms with E-state index in [1.807, 2.05) is 32.0 Å². The van der Waals surface area contributed by atoms with Crippen molar-refractivity contribution in [2.75, 3.05) is 11.6 Å². The summed E-state index contributed by atoms with van der Waals surface area (Å²) in [5, 5.41) is 2.67. The maximum absolute atomic E-state index is 12.0. The topological polar surface area (TPSA) is 63.2 Å². The zero-order valence-electron chi connectivity index (χ0n) is 13.3. The van der Waals surface area contributed by atoms with Crippen LogP contribution in [0.15, 0.2) is 53.4 Å². The van der Waals surface area contributed by atoms with Crippen molar-refractivity contribution in [2.45, 2.75) is 18.7 Å². The maximum Gasteiger partial charge on any atom is 0.248 e. The molecule has 23 heavy (non-hydrogen) atoms. The van der Waals surface area contributed by atoms with Gasteiger partial charge >= 0.3 is 0 Å². The van der Waals surface area contributed by atoms with Crippen LogP contribution < -0.4 is 5.32 Å². The van der Waals surface area contributed by atoms with Crippen LogP contribution in [-0.2, 0) is 14.6 Å². The lowest BCUT2D eigenvalue weighted by Gasteiger charge is -2.05. The van der Waals surface area contributed by atoms with Crippen LogP contribution in [0.4, 0.5) is 5.69 Å². The molecule has 0 aliphatic rings. The third-order valence-corrected chi connectivity index (χ3v) is 4.48. The number of anilines is 1. The summed E-state index contributed by atoms with van der Waals surface area (Å²) in [6.45, 7) is 4.00. The van der Waals surface area contributed by atoms with E-state index in [1.54, 1.807) is 18.2 Å². The van der Waals surface area contributed by atoms with Crippen molar-refractivity contribution in [1.29, 1.82) is 0 Å². The Kier molecular flexibility index (Phi) is 5.01. The van der Waals surface area contributed by atoms with E-state index in [1.165, 1.54) is 23.8 Å². The average molecular weight is 329 g/mol. The van der Waals surface area contributed by atoms with Gasteiger partial charge in [0, 0.05) is 18.0 Å². The molecule has 0 radical (unpaired) electrons. The fraction of sp³-hybridized carbons (Fsp3) is 0.167. The molecule has 0 heterocycles. The number of amides is 1. The SMILES string of the molecule is Cc1ccc(C=CC(=O)Nc2cccc(S(C)(=O)=O)c2)c(C)c1. The number of sulfone groups is 1. The van der Waals surface area contributed by atoms with Gasteiger partial charge in [0.05, 0.1) is 4.90 Å². The quantitative estimate of drug-likeness (QED) is 0.875. The highest BCUT2D eigenvalue weighted by atomic mass is 32.2. The van der Waals surface area contributed by atoms with E-state index < -0.39 is 9.84 Å². The van der Waals surface area contributed by atoms with Gasteiger partial charge in [-0.15, -0.1) is 0 Å². The summed E-state index contributed by atoms with van der Waals surface area (Å²) in [7, 11) is -3.30. The smallest absolute Gasteiger partial charge is 0.248 e. The molecule has 2 aromatic rings. The summed E-state index contributed by atoms with van der Waals surface area (Å²) >= 11 is 0. The molecular weight excluding hydrogens is 310 g/mol. The van der Waals surface area contributed by atoms with Crippen LogP contribution in [0.1, 0.15) is 16.7 Å². The summed E-state index contributed by atoms with van der Waals surface area (Å²) in [6.07, 6.45) is 4.31. The summed E-state index contributed by atoms with van der Waals surface area (Å²) in [6, 6.07) is 12.2. The minimum absolute atomic E-state index is 0.175. The van der Waals surface area contributed by atoms with E-state index >= 15 is 0 Å². The number of hydrogen-bond acceptors (Lipinski definition) is 3. The Morgan fingerprint density at radius 2 is 1.83 bits per heavy atom. The first-order valence-electron chi connectivity index (χ1n) is 7.12. The van der Waals surface area contributed by atoms with Crippen LogP contribution in [0.25, 0.3) is 6.08 Å². The number of hydrogen-bond donors (Lipinski definition) is 1. The summed E-state index contributed by atoms with van der Waals surface area (Å²) in [5.74, 6) is -0.310. The van der Waals surface area contributed by atoms with Gasteiger partial charge in [-0.2, -0.15) is 0 Å².